The fourth-order valence-corrected chi connectivity index (χ4v) is 2.95. The Kier molecular flexibility index (Phi) is 4.71. The summed E-state index contributed by atoms with van der Waals surface area (Å²) in [5.41, 5.74) is 4.75. The molecule has 0 unspecified atom stereocenters. The van der Waals surface area contributed by atoms with E-state index in [1.165, 1.54) is 12.1 Å². The Morgan fingerprint density at radius 1 is 1.17 bits per heavy atom. The Hall–Kier alpha value is -2.14. The molecule has 126 valence electrons. The summed E-state index contributed by atoms with van der Waals surface area (Å²) in [6.45, 7) is 7.35. The van der Waals surface area contributed by atoms with E-state index in [0.29, 0.717) is 5.88 Å². The Bertz CT molecular complexity index is 874. The van der Waals surface area contributed by atoms with Crippen LogP contribution in [0.25, 0.3) is 11.0 Å². The van der Waals surface area contributed by atoms with Crippen LogP contribution in [0.15, 0.2) is 24.3 Å². The summed E-state index contributed by atoms with van der Waals surface area (Å²) in [6.07, 6.45) is 0.990. The zero-order valence-electron chi connectivity index (χ0n) is 13.9. The number of aromatic nitrogens is 3. The topological polar surface area (TPSA) is 39.9 Å². The SMILES string of the molecule is CCCn1c(C)c(C)c2nc(Cl)nc(OCc3ccc(F)cc3)c21. The van der Waals surface area contributed by atoms with Gasteiger partial charge in [0.05, 0.1) is 0 Å². The highest BCUT2D eigenvalue weighted by molar-refractivity contribution is 6.28. The minimum absolute atomic E-state index is 0.161. The highest BCUT2D eigenvalue weighted by atomic mass is 35.5. The number of hydrogen-bond acceptors (Lipinski definition) is 3. The molecule has 6 heteroatoms. The van der Waals surface area contributed by atoms with E-state index in [9.17, 15) is 4.39 Å². The molecule has 0 amide bonds. The van der Waals surface area contributed by atoms with Gasteiger partial charge in [0.15, 0.2) is 0 Å². The lowest BCUT2D eigenvalue weighted by atomic mass is 10.2. The van der Waals surface area contributed by atoms with Crippen LogP contribution < -0.4 is 4.74 Å². The number of fused-ring (bicyclic) bond motifs is 1. The van der Waals surface area contributed by atoms with Gasteiger partial charge in [0.1, 0.15) is 23.5 Å². The number of benzene rings is 1. The zero-order valence-corrected chi connectivity index (χ0v) is 14.7. The van der Waals surface area contributed by atoms with Crippen molar-refractivity contribution in [3.63, 3.8) is 0 Å². The molecule has 0 aliphatic rings. The zero-order chi connectivity index (χ0) is 17.3. The summed E-state index contributed by atoms with van der Waals surface area (Å²) in [5, 5.41) is 0.161. The van der Waals surface area contributed by atoms with E-state index < -0.39 is 0 Å². The van der Waals surface area contributed by atoms with E-state index >= 15 is 0 Å². The second-order valence-electron chi connectivity index (χ2n) is 5.77. The molecule has 2 aromatic heterocycles. The quantitative estimate of drug-likeness (QED) is 0.620. The molecule has 0 radical (unpaired) electrons. The van der Waals surface area contributed by atoms with Gasteiger partial charge < -0.3 is 9.30 Å². The van der Waals surface area contributed by atoms with Crippen LogP contribution in [0.3, 0.4) is 0 Å². The van der Waals surface area contributed by atoms with Crippen LogP contribution in [-0.4, -0.2) is 14.5 Å². The first kappa shape index (κ1) is 16.7. The van der Waals surface area contributed by atoms with Gasteiger partial charge in [-0.1, -0.05) is 19.1 Å². The maximum atomic E-state index is 13.0. The highest BCUT2D eigenvalue weighted by Gasteiger charge is 2.18. The molecule has 0 saturated heterocycles. The Morgan fingerprint density at radius 2 is 1.88 bits per heavy atom. The Morgan fingerprint density at radius 3 is 2.54 bits per heavy atom. The molecule has 0 atom stereocenters. The number of nitrogens with zero attached hydrogens (tertiary/aromatic N) is 3. The predicted molar refractivity (Wildman–Crippen MR) is 93.0 cm³/mol. The van der Waals surface area contributed by atoms with Gasteiger partial charge in [0.2, 0.25) is 11.2 Å². The van der Waals surface area contributed by atoms with Crippen LogP contribution in [0.4, 0.5) is 4.39 Å². The smallest absolute Gasteiger partial charge is 0.243 e. The summed E-state index contributed by atoms with van der Waals surface area (Å²) in [4.78, 5) is 8.64. The first-order chi connectivity index (χ1) is 11.5. The molecule has 1 aromatic carbocycles. The minimum atomic E-state index is -0.269. The van der Waals surface area contributed by atoms with Crippen molar-refractivity contribution in [3.05, 3.63) is 52.2 Å². The van der Waals surface area contributed by atoms with Crippen molar-refractivity contribution in [3.8, 4) is 5.88 Å². The first-order valence-corrected chi connectivity index (χ1v) is 8.29. The highest BCUT2D eigenvalue weighted by Crippen LogP contribution is 2.31. The molecule has 24 heavy (non-hydrogen) atoms. The van der Waals surface area contributed by atoms with E-state index in [-0.39, 0.29) is 17.7 Å². The van der Waals surface area contributed by atoms with Gasteiger partial charge in [-0.05, 0) is 55.1 Å². The van der Waals surface area contributed by atoms with Gasteiger partial charge in [-0.15, -0.1) is 0 Å². The normalized spacial score (nSPS) is 11.2. The summed E-state index contributed by atoms with van der Waals surface area (Å²) >= 11 is 6.08. The average Bonchev–Trinajstić information content (AvgIpc) is 2.80. The monoisotopic (exact) mass is 347 g/mol. The van der Waals surface area contributed by atoms with Gasteiger partial charge in [-0.3, -0.25) is 0 Å². The maximum Gasteiger partial charge on any atom is 0.243 e. The van der Waals surface area contributed by atoms with Crippen molar-refractivity contribution < 1.29 is 9.13 Å². The number of hydrogen-bond donors (Lipinski definition) is 0. The van der Waals surface area contributed by atoms with E-state index in [1.807, 2.05) is 6.92 Å². The second-order valence-corrected chi connectivity index (χ2v) is 6.11. The van der Waals surface area contributed by atoms with Crippen molar-refractivity contribution in [1.29, 1.82) is 0 Å². The van der Waals surface area contributed by atoms with E-state index in [2.05, 4.69) is 28.4 Å². The molecule has 4 nitrogen and oxygen atoms in total. The summed E-state index contributed by atoms with van der Waals surface area (Å²) in [5.74, 6) is 0.188. The molecule has 0 fully saturated rings. The van der Waals surface area contributed by atoms with Crippen LogP contribution in [0, 0.1) is 19.7 Å². The van der Waals surface area contributed by atoms with Crippen LogP contribution in [-0.2, 0) is 13.2 Å². The number of halogens is 2. The predicted octanol–water partition coefficient (Wildman–Crippen LogP) is 4.83. The first-order valence-electron chi connectivity index (χ1n) is 7.91. The second kappa shape index (κ2) is 6.77. The number of ether oxygens (including phenoxy) is 1. The standard InChI is InChI=1S/C18H19ClFN3O/c1-4-9-23-12(3)11(2)15-16(23)17(22-18(19)21-15)24-10-13-5-7-14(20)8-6-13/h5-8H,4,9-10H2,1-3H3. The summed E-state index contributed by atoms with van der Waals surface area (Å²) in [7, 11) is 0. The summed E-state index contributed by atoms with van der Waals surface area (Å²) < 4.78 is 21.1. The van der Waals surface area contributed by atoms with Crippen molar-refractivity contribution in [2.24, 2.45) is 0 Å². The molecule has 2 heterocycles. The average molecular weight is 348 g/mol. The fourth-order valence-electron chi connectivity index (χ4n) is 2.79. The van der Waals surface area contributed by atoms with E-state index in [1.54, 1.807) is 12.1 Å². The third-order valence-electron chi connectivity index (χ3n) is 4.13. The van der Waals surface area contributed by atoms with Crippen molar-refractivity contribution in [2.45, 2.75) is 40.3 Å². The summed E-state index contributed by atoms with van der Waals surface area (Å²) in [6, 6.07) is 6.21. The Balaban J connectivity index is 2.02. The molecule has 0 spiro atoms. The van der Waals surface area contributed by atoms with Gasteiger partial charge in [-0.2, -0.15) is 4.98 Å². The van der Waals surface area contributed by atoms with Gasteiger partial charge >= 0.3 is 0 Å². The molecule has 0 bridgehead atoms. The maximum absolute atomic E-state index is 13.0. The minimum Gasteiger partial charge on any atom is -0.471 e. The van der Waals surface area contributed by atoms with Crippen LogP contribution >= 0.6 is 11.6 Å². The van der Waals surface area contributed by atoms with Crippen LogP contribution in [0.5, 0.6) is 5.88 Å². The third-order valence-corrected chi connectivity index (χ3v) is 4.30. The number of aryl methyl sites for hydroxylation is 2. The molecule has 0 N–H and O–H groups in total. The number of rotatable bonds is 5. The molecule has 0 saturated carbocycles. The fraction of sp³-hybridized carbons (Fsp3) is 0.333. The largest absolute Gasteiger partial charge is 0.471 e. The lowest BCUT2D eigenvalue weighted by molar-refractivity contribution is 0.296. The lowest BCUT2D eigenvalue weighted by Gasteiger charge is -2.11. The molecular weight excluding hydrogens is 329 g/mol. The molecule has 0 aliphatic heterocycles. The van der Waals surface area contributed by atoms with E-state index in [0.717, 1.165) is 40.8 Å². The third kappa shape index (κ3) is 3.08. The van der Waals surface area contributed by atoms with Crippen molar-refractivity contribution in [1.82, 2.24) is 14.5 Å². The molecule has 3 aromatic rings. The van der Waals surface area contributed by atoms with Gasteiger partial charge in [0, 0.05) is 12.2 Å². The van der Waals surface area contributed by atoms with Crippen molar-refractivity contribution in [2.75, 3.05) is 0 Å². The van der Waals surface area contributed by atoms with Crippen molar-refractivity contribution >= 4 is 22.6 Å². The lowest BCUT2D eigenvalue weighted by Crippen LogP contribution is -2.04. The molecule has 3 rings (SSSR count). The molecule has 0 aliphatic carbocycles. The van der Waals surface area contributed by atoms with E-state index in [4.69, 9.17) is 16.3 Å². The van der Waals surface area contributed by atoms with Crippen LogP contribution in [0.2, 0.25) is 5.28 Å². The Labute approximate surface area is 145 Å². The van der Waals surface area contributed by atoms with Crippen LogP contribution in [0.1, 0.15) is 30.2 Å². The molecular formula is C18H19ClFN3O. The van der Waals surface area contributed by atoms with Gasteiger partial charge in [-0.25, -0.2) is 9.37 Å². The van der Waals surface area contributed by atoms with Gasteiger partial charge in [0.25, 0.3) is 0 Å².